The lowest BCUT2D eigenvalue weighted by Crippen LogP contribution is -2.15. The third-order valence-electron chi connectivity index (χ3n) is 11.3. The van der Waals surface area contributed by atoms with E-state index in [1.807, 2.05) is 65.7 Å². The maximum Gasteiger partial charge on any atom is 0.139 e. The molecular formula is C52H45N5O. The van der Waals surface area contributed by atoms with Gasteiger partial charge in [0.1, 0.15) is 17.3 Å². The van der Waals surface area contributed by atoms with Crippen molar-refractivity contribution in [3.8, 4) is 39.8 Å². The first-order valence-corrected chi connectivity index (χ1v) is 20.0. The summed E-state index contributed by atoms with van der Waals surface area (Å²) in [7, 11) is 0. The molecule has 6 heteroatoms. The molecule has 0 bridgehead atoms. The normalized spacial score (nSPS) is 12.3. The number of pyridine rings is 1. The summed E-state index contributed by atoms with van der Waals surface area (Å²) in [5.74, 6) is 2.31. The van der Waals surface area contributed by atoms with Crippen molar-refractivity contribution in [3.63, 3.8) is 0 Å². The van der Waals surface area contributed by atoms with Crippen molar-refractivity contribution in [3.05, 3.63) is 175 Å². The van der Waals surface area contributed by atoms with Gasteiger partial charge in [-0.05, 0) is 63.9 Å². The number of benzene rings is 6. The number of aromatic nitrogens is 5. The van der Waals surface area contributed by atoms with E-state index in [-0.39, 0.29) is 10.8 Å². The highest BCUT2D eigenvalue weighted by molar-refractivity contribution is 6.12. The summed E-state index contributed by atoms with van der Waals surface area (Å²) >= 11 is 0. The highest BCUT2D eigenvalue weighted by atomic mass is 16.5. The van der Waals surface area contributed by atoms with E-state index in [9.17, 15) is 0 Å². The Morgan fingerprint density at radius 2 is 1.12 bits per heavy atom. The summed E-state index contributed by atoms with van der Waals surface area (Å²) in [5.41, 5.74) is 11.2. The van der Waals surface area contributed by atoms with Crippen LogP contribution in [0.2, 0.25) is 0 Å². The van der Waals surface area contributed by atoms with Crippen molar-refractivity contribution in [1.29, 1.82) is 0 Å². The van der Waals surface area contributed by atoms with Crippen LogP contribution in [-0.4, -0.2) is 23.9 Å². The summed E-state index contributed by atoms with van der Waals surface area (Å²) < 4.78 is 13.3. The topological polar surface area (TPSA) is 49.8 Å². The molecule has 0 unspecified atom stereocenters. The summed E-state index contributed by atoms with van der Waals surface area (Å²) in [6, 6.07) is 51.2. The molecule has 0 radical (unpaired) electrons. The highest BCUT2D eigenvalue weighted by Gasteiger charge is 2.27. The van der Waals surface area contributed by atoms with Crippen molar-refractivity contribution < 1.29 is 4.74 Å². The zero-order valence-electron chi connectivity index (χ0n) is 33.7. The van der Waals surface area contributed by atoms with E-state index in [0.29, 0.717) is 0 Å². The molecule has 4 heterocycles. The number of hydrogen-bond donors (Lipinski definition) is 0. The third-order valence-corrected chi connectivity index (χ3v) is 11.3. The van der Waals surface area contributed by atoms with Crippen LogP contribution in [0, 0.1) is 0 Å². The standard InChI is InChI=1S/C52H45N5O/c1-51(2,3)44-22-13-20-42-43-21-14-23-45(52(4,5)6)50(43)56(49(42)44)37-27-28-53-48(30-37)57-46-24-11-10-19-40(46)41-26-25-39(31-47(41)57)58-38-18-12-17-36(29-38)55-33-35(32-54-55)34-15-8-7-9-16-34/h7-33H,1-6H3. The predicted molar refractivity (Wildman–Crippen MR) is 239 cm³/mol. The third kappa shape index (κ3) is 5.95. The average Bonchev–Trinajstić information content (AvgIpc) is 3.94. The van der Waals surface area contributed by atoms with Crippen molar-refractivity contribution >= 4 is 43.6 Å². The van der Waals surface area contributed by atoms with Crippen molar-refractivity contribution in [2.75, 3.05) is 0 Å². The Morgan fingerprint density at radius 3 is 1.84 bits per heavy atom. The van der Waals surface area contributed by atoms with Crippen LogP contribution in [0.25, 0.3) is 71.9 Å². The maximum absolute atomic E-state index is 6.62. The molecule has 0 N–H and O–H groups in total. The van der Waals surface area contributed by atoms with E-state index in [2.05, 4.69) is 159 Å². The van der Waals surface area contributed by atoms with E-state index in [1.54, 1.807) is 0 Å². The molecule has 0 fully saturated rings. The largest absolute Gasteiger partial charge is 0.457 e. The van der Waals surface area contributed by atoms with Gasteiger partial charge in [-0.25, -0.2) is 9.67 Å². The molecule has 4 aromatic heterocycles. The second-order valence-electron chi connectivity index (χ2n) is 17.3. The Bertz CT molecular complexity index is 3100. The molecule has 0 saturated heterocycles. The van der Waals surface area contributed by atoms with Crippen molar-refractivity contribution in [2.24, 2.45) is 0 Å². The molecule has 0 aliphatic heterocycles. The van der Waals surface area contributed by atoms with E-state index in [4.69, 9.17) is 9.72 Å². The van der Waals surface area contributed by atoms with Crippen molar-refractivity contribution in [1.82, 2.24) is 23.9 Å². The van der Waals surface area contributed by atoms with Gasteiger partial charge in [0.15, 0.2) is 0 Å². The number of ether oxygens (including phenoxy) is 1. The first-order valence-electron chi connectivity index (χ1n) is 20.0. The zero-order chi connectivity index (χ0) is 39.8. The van der Waals surface area contributed by atoms with Crippen LogP contribution in [0.5, 0.6) is 11.5 Å². The van der Waals surface area contributed by atoms with Crippen LogP contribution in [0.3, 0.4) is 0 Å². The number of nitrogens with zero attached hydrogens (tertiary/aromatic N) is 5. The van der Waals surface area contributed by atoms with Gasteiger partial charge in [-0.1, -0.05) is 133 Å². The molecule has 0 aliphatic carbocycles. The SMILES string of the molecule is CC(C)(C)c1cccc2c3cccc(C(C)(C)C)c3n(-c3ccnc(-n4c5ccccc5c5ccc(Oc6cccc(-n7cc(-c8ccccc8)cn7)c6)cc54)c3)c12. The molecule has 0 aliphatic rings. The Kier molecular flexibility index (Phi) is 8.17. The van der Waals surface area contributed by atoms with Crippen LogP contribution < -0.4 is 4.74 Å². The van der Waals surface area contributed by atoms with E-state index in [0.717, 1.165) is 61.6 Å². The summed E-state index contributed by atoms with van der Waals surface area (Å²) in [6.07, 6.45) is 5.90. The van der Waals surface area contributed by atoms with Gasteiger partial charge in [-0.3, -0.25) is 4.57 Å². The smallest absolute Gasteiger partial charge is 0.139 e. The first kappa shape index (κ1) is 35.5. The Morgan fingerprint density at radius 1 is 0.483 bits per heavy atom. The van der Waals surface area contributed by atoms with Crippen LogP contribution >= 0.6 is 0 Å². The molecule has 6 nitrogen and oxygen atoms in total. The summed E-state index contributed by atoms with van der Waals surface area (Å²) in [5, 5.41) is 9.48. The van der Waals surface area contributed by atoms with Gasteiger partial charge in [0.05, 0.1) is 39.6 Å². The minimum Gasteiger partial charge on any atom is -0.457 e. The van der Waals surface area contributed by atoms with Gasteiger partial charge in [0.25, 0.3) is 0 Å². The van der Waals surface area contributed by atoms with E-state index >= 15 is 0 Å². The Labute approximate surface area is 338 Å². The molecular weight excluding hydrogens is 711 g/mol. The van der Waals surface area contributed by atoms with Gasteiger partial charge < -0.3 is 9.30 Å². The van der Waals surface area contributed by atoms with Gasteiger partial charge in [-0.2, -0.15) is 5.10 Å². The number of hydrogen-bond acceptors (Lipinski definition) is 3. The fourth-order valence-electron chi connectivity index (χ4n) is 8.58. The maximum atomic E-state index is 6.62. The molecule has 0 saturated carbocycles. The average molecular weight is 756 g/mol. The van der Waals surface area contributed by atoms with E-state index in [1.165, 1.54) is 32.9 Å². The summed E-state index contributed by atoms with van der Waals surface area (Å²) in [4.78, 5) is 5.08. The van der Waals surface area contributed by atoms with Gasteiger partial charge in [-0.15, -0.1) is 0 Å². The van der Waals surface area contributed by atoms with Crippen LogP contribution in [-0.2, 0) is 10.8 Å². The molecule has 6 aromatic carbocycles. The molecule has 284 valence electrons. The molecule has 10 rings (SSSR count). The predicted octanol–water partition coefficient (Wildman–Crippen LogP) is 13.5. The summed E-state index contributed by atoms with van der Waals surface area (Å²) in [6.45, 7) is 13.8. The molecule has 0 atom stereocenters. The fraction of sp³-hybridized carbons (Fsp3) is 0.154. The Hall–Kier alpha value is -6.92. The minimum absolute atomic E-state index is 0.0738. The van der Waals surface area contributed by atoms with Gasteiger partial charge in [0, 0.05) is 57.7 Å². The molecule has 10 aromatic rings. The lowest BCUT2D eigenvalue weighted by Gasteiger charge is -2.24. The number of para-hydroxylation sites is 3. The Balaban J connectivity index is 1.11. The quantitative estimate of drug-likeness (QED) is 0.170. The monoisotopic (exact) mass is 755 g/mol. The molecule has 58 heavy (non-hydrogen) atoms. The van der Waals surface area contributed by atoms with Crippen LogP contribution in [0.15, 0.2) is 164 Å². The lowest BCUT2D eigenvalue weighted by atomic mass is 9.85. The van der Waals surface area contributed by atoms with Gasteiger partial charge in [0.2, 0.25) is 0 Å². The van der Waals surface area contributed by atoms with Crippen LogP contribution in [0.4, 0.5) is 0 Å². The second-order valence-corrected chi connectivity index (χ2v) is 17.3. The highest BCUT2D eigenvalue weighted by Crippen LogP contribution is 2.43. The fourth-order valence-corrected chi connectivity index (χ4v) is 8.58. The lowest BCUT2D eigenvalue weighted by molar-refractivity contribution is 0.483. The zero-order valence-corrected chi connectivity index (χ0v) is 33.7. The van der Waals surface area contributed by atoms with E-state index < -0.39 is 0 Å². The van der Waals surface area contributed by atoms with Crippen molar-refractivity contribution in [2.45, 2.75) is 52.4 Å². The van der Waals surface area contributed by atoms with Gasteiger partial charge >= 0.3 is 0 Å². The van der Waals surface area contributed by atoms with Crippen LogP contribution in [0.1, 0.15) is 52.7 Å². The minimum atomic E-state index is -0.0738. The first-order chi connectivity index (χ1) is 28.0. The second kappa shape index (κ2) is 13.3. The number of fused-ring (bicyclic) bond motifs is 6. The number of rotatable bonds is 6. The molecule has 0 spiro atoms. The molecule has 0 amide bonds.